The first kappa shape index (κ1) is 9.45. The molecule has 0 N–H and O–H groups in total. The second-order valence-corrected chi connectivity index (χ2v) is 4.19. The molecule has 2 rings (SSSR count). The van der Waals surface area contributed by atoms with Crippen molar-refractivity contribution in [3.8, 4) is 0 Å². The minimum Gasteiger partial charge on any atom is -0.300 e. The lowest BCUT2D eigenvalue weighted by molar-refractivity contribution is -0.117. The predicted octanol–water partition coefficient (Wildman–Crippen LogP) is 3.09. The van der Waals surface area contributed by atoms with Crippen LogP contribution in [0.4, 0.5) is 0 Å². The number of hydrogen-bond donors (Lipinski definition) is 0. The van der Waals surface area contributed by atoms with Gasteiger partial charge < -0.3 is 4.79 Å². The van der Waals surface area contributed by atoms with Gasteiger partial charge in [0.15, 0.2) is 0 Å². The fourth-order valence-electron chi connectivity index (χ4n) is 2.41. The molecule has 0 saturated carbocycles. The minimum absolute atomic E-state index is 0.312. The molecule has 1 nitrogen and oxygen atoms in total. The van der Waals surface area contributed by atoms with Crippen molar-refractivity contribution in [2.75, 3.05) is 0 Å². The summed E-state index contributed by atoms with van der Waals surface area (Å²) in [6.45, 7) is 1.69. The van der Waals surface area contributed by atoms with E-state index in [2.05, 4.69) is 24.3 Å². The summed E-state index contributed by atoms with van der Waals surface area (Å²) in [6.07, 6.45) is 4.31. The molecule has 1 aliphatic carbocycles. The maximum absolute atomic E-state index is 11.1. The van der Waals surface area contributed by atoms with Gasteiger partial charge in [-0.2, -0.15) is 0 Å². The van der Waals surface area contributed by atoms with E-state index in [4.69, 9.17) is 0 Å². The van der Waals surface area contributed by atoms with E-state index >= 15 is 0 Å². The molecule has 0 saturated heterocycles. The highest BCUT2D eigenvalue weighted by Crippen LogP contribution is 2.33. The molecule has 14 heavy (non-hydrogen) atoms. The Labute approximate surface area is 85.1 Å². The first-order valence-corrected chi connectivity index (χ1v) is 5.34. The molecule has 1 heteroatoms. The van der Waals surface area contributed by atoms with Crippen LogP contribution in [0.25, 0.3) is 0 Å². The largest absolute Gasteiger partial charge is 0.300 e. The van der Waals surface area contributed by atoms with Gasteiger partial charge in [-0.3, -0.25) is 0 Å². The molecule has 1 aliphatic rings. The van der Waals surface area contributed by atoms with Crippen LogP contribution >= 0.6 is 0 Å². The zero-order chi connectivity index (χ0) is 9.97. The van der Waals surface area contributed by atoms with Gasteiger partial charge in [0.05, 0.1) is 0 Å². The van der Waals surface area contributed by atoms with Gasteiger partial charge in [-0.05, 0) is 43.2 Å². The summed E-state index contributed by atoms with van der Waals surface area (Å²) in [5.74, 6) is 0.796. The molecular weight excluding hydrogens is 172 g/mol. The SMILES string of the molecule is CC(=O)CC1CCCc2ccccc21. The highest BCUT2D eigenvalue weighted by atomic mass is 16.1. The van der Waals surface area contributed by atoms with Crippen LogP contribution < -0.4 is 0 Å². The molecule has 1 aromatic carbocycles. The van der Waals surface area contributed by atoms with Crippen LogP contribution in [0, 0.1) is 0 Å². The molecule has 0 radical (unpaired) electrons. The van der Waals surface area contributed by atoms with Crippen molar-refractivity contribution < 1.29 is 4.79 Å². The van der Waals surface area contributed by atoms with E-state index in [0.29, 0.717) is 11.7 Å². The van der Waals surface area contributed by atoms with Gasteiger partial charge >= 0.3 is 0 Å². The monoisotopic (exact) mass is 188 g/mol. The van der Waals surface area contributed by atoms with E-state index in [1.807, 2.05) is 0 Å². The highest BCUT2D eigenvalue weighted by molar-refractivity contribution is 5.76. The van der Waals surface area contributed by atoms with E-state index in [0.717, 1.165) is 6.42 Å². The minimum atomic E-state index is 0.312. The summed E-state index contributed by atoms with van der Waals surface area (Å²) in [6, 6.07) is 8.55. The summed E-state index contributed by atoms with van der Waals surface area (Å²) < 4.78 is 0. The van der Waals surface area contributed by atoms with Crippen LogP contribution in [0.5, 0.6) is 0 Å². The molecule has 0 heterocycles. The summed E-state index contributed by atoms with van der Waals surface area (Å²) in [5, 5.41) is 0. The molecule has 1 atom stereocenters. The number of aryl methyl sites for hydroxylation is 1. The molecule has 1 aromatic rings. The fraction of sp³-hybridized carbons (Fsp3) is 0.462. The van der Waals surface area contributed by atoms with Crippen LogP contribution in [-0.4, -0.2) is 5.78 Å². The molecular formula is C13H16O. The topological polar surface area (TPSA) is 17.1 Å². The zero-order valence-electron chi connectivity index (χ0n) is 8.62. The average Bonchev–Trinajstić information content (AvgIpc) is 2.18. The Morgan fingerprint density at radius 3 is 3.00 bits per heavy atom. The second kappa shape index (κ2) is 3.95. The Hall–Kier alpha value is -1.11. The van der Waals surface area contributed by atoms with Gasteiger partial charge in [-0.1, -0.05) is 24.3 Å². The van der Waals surface area contributed by atoms with Crippen molar-refractivity contribution in [3.05, 3.63) is 35.4 Å². The van der Waals surface area contributed by atoms with Crippen LogP contribution in [-0.2, 0) is 11.2 Å². The Kier molecular flexibility index (Phi) is 2.67. The third kappa shape index (κ3) is 1.87. The average molecular weight is 188 g/mol. The summed E-state index contributed by atoms with van der Waals surface area (Å²) in [5.41, 5.74) is 2.86. The Morgan fingerprint density at radius 2 is 2.21 bits per heavy atom. The first-order chi connectivity index (χ1) is 6.77. The molecule has 0 spiro atoms. The first-order valence-electron chi connectivity index (χ1n) is 5.34. The van der Waals surface area contributed by atoms with Crippen LogP contribution in [0.1, 0.15) is 43.2 Å². The quantitative estimate of drug-likeness (QED) is 0.697. The van der Waals surface area contributed by atoms with Crippen molar-refractivity contribution in [1.82, 2.24) is 0 Å². The van der Waals surface area contributed by atoms with Gasteiger partial charge in [-0.25, -0.2) is 0 Å². The third-order valence-electron chi connectivity index (χ3n) is 3.03. The highest BCUT2D eigenvalue weighted by Gasteiger charge is 2.20. The summed E-state index contributed by atoms with van der Waals surface area (Å²) in [7, 11) is 0. The van der Waals surface area contributed by atoms with Crippen LogP contribution in [0.2, 0.25) is 0 Å². The van der Waals surface area contributed by atoms with E-state index in [-0.39, 0.29) is 0 Å². The lowest BCUT2D eigenvalue weighted by atomic mass is 9.80. The van der Waals surface area contributed by atoms with Gasteiger partial charge in [0.1, 0.15) is 5.78 Å². The Balaban J connectivity index is 2.26. The molecule has 0 aliphatic heterocycles. The number of benzene rings is 1. The smallest absolute Gasteiger partial charge is 0.130 e. The number of ketones is 1. The molecule has 0 bridgehead atoms. The summed E-state index contributed by atoms with van der Waals surface area (Å²) in [4.78, 5) is 11.1. The van der Waals surface area contributed by atoms with E-state index in [1.165, 1.54) is 30.4 Å². The van der Waals surface area contributed by atoms with Crippen LogP contribution in [0.3, 0.4) is 0 Å². The molecule has 0 aromatic heterocycles. The van der Waals surface area contributed by atoms with Crippen LogP contribution in [0.15, 0.2) is 24.3 Å². The number of rotatable bonds is 2. The second-order valence-electron chi connectivity index (χ2n) is 4.19. The van der Waals surface area contributed by atoms with Crippen molar-refractivity contribution in [2.24, 2.45) is 0 Å². The zero-order valence-corrected chi connectivity index (χ0v) is 8.62. The number of carbonyl (C=O) groups is 1. The number of fused-ring (bicyclic) bond motifs is 1. The summed E-state index contributed by atoms with van der Waals surface area (Å²) >= 11 is 0. The maximum atomic E-state index is 11.1. The van der Waals surface area contributed by atoms with Gasteiger partial charge in [-0.15, -0.1) is 0 Å². The van der Waals surface area contributed by atoms with Gasteiger partial charge in [0.2, 0.25) is 0 Å². The van der Waals surface area contributed by atoms with Gasteiger partial charge in [0, 0.05) is 6.42 Å². The lowest BCUT2D eigenvalue weighted by Crippen LogP contribution is -2.12. The molecule has 0 fully saturated rings. The van der Waals surface area contributed by atoms with E-state index in [9.17, 15) is 4.79 Å². The fourth-order valence-corrected chi connectivity index (χ4v) is 2.41. The molecule has 0 amide bonds. The standard InChI is InChI=1S/C13H16O/c1-10(14)9-12-7-4-6-11-5-2-3-8-13(11)12/h2-3,5,8,12H,4,6-7,9H2,1H3. The normalized spacial score (nSPS) is 20.2. The van der Waals surface area contributed by atoms with Crippen molar-refractivity contribution >= 4 is 5.78 Å². The molecule has 74 valence electrons. The number of hydrogen-bond acceptors (Lipinski definition) is 1. The molecule has 1 unspecified atom stereocenters. The van der Waals surface area contributed by atoms with Crippen molar-refractivity contribution in [3.63, 3.8) is 0 Å². The van der Waals surface area contributed by atoms with Crippen molar-refractivity contribution in [1.29, 1.82) is 0 Å². The van der Waals surface area contributed by atoms with Crippen molar-refractivity contribution in [2.45, 2.75) is 38.5 Å². The Bertz CT molecular complexity index is 341. The van der Waals surface area contributed by atoms with E-state index in [1.54, 1.807) is 6.92 Å². The number of carbonyl (C=O) groups excluding carboxylic acids is 1. The predicted molar refractivity (Wildman–Crippen MR) is 57.4 cm³/mol. The number of Topliss-reactive ketones (excluding diaryl/α,β-unsaturated/α-hetero) is 1. The Morgan fingerprint density at radius 1 is 1.43 bits per heavy atom. The van der Waals surface area contributed by atoms with Gasteiger partial charge in [0.25, 0.3) is 0 Å². The lowest BCUT2D eigenvalue weighted by Gasteiger charge is -2.24. The third-order valence-corrected chi connectivity index (χ3v) is 3.03. The maximum Gasteiger partial charge on any atom is 0.130 e. The van der Waals surface area contributed by atoms with E-state index < -0.39 is 0 Å².